The smallest absolute Gasteiger partial charge is 0.250 e. The third kappa shape index (κ3) is 3.98. The summed E-state index contributed by atoms with van der Waals surface area (Å²) in [5.41, 5.74) is 5.83. The summed E-state index contributed by atoms with van der Waals surface area (Å²) < 4.78 is 39.6. The first-order valence-electron chi connectivity index (χ1n) is 6.27. The maximum atomic E-state index is 13.5. The van der Waals surface area contributed by atoms with Crippen LogP contribution in [-0.4, -0.2) is 14.5 Å². The standard InChI is InChI=1S/C14H14F2N2O2S/c15-10-2-4-13(12(16)8-10)21(20)7-1-6-18-9-11(17)3-5-14(18)19/h2-5,8-9H,1,6-7,17H2. The lowest BCUT2D eigenvalue weighted by molar-refractivity contribution is 0.561. The van der Waals surface area contributed by atoms with Gasteiger partial charge >= 0.3 is 0 Å². The number of hydrogen-bond donors (Lipinski definition) is 1. The van der Waals surface area contributed by atoms with Gasteiger partial charge in [0.1, 0.15) is 11.6 Å². The Morgan fingerprint density at radius 3 is 2.67 bits per heavy atom. The van der Waals surface area contributed by atoms with E-state index in [1.807, 2.05) is 0 Å². The van der Waals surface area contributed by atoms with Gasteiger partial charge in [-0.3, -0.25) is 9.00 Å². The van der Waals surface area contributed by atoms with Crippen LogP contribution in [0, 0.1) is 11.6 Å². The van der Waals surface area contributed by atoms with Crippen LogP contribution < -0.4 is 11.3 Å². The van der Waals surface area contributed by atoms with E-state index in [0.717, 1.165) is 6.07 Å². The highest BCUT2D eigenvalue weighted by molar-refractivity contribution is 7.85. The van der Waals surface area contributed by atoms with E-state index in [1.165, 1.54) is 29.0 Å². The first-order chi connectivity index (χ1) is 9.97. The van der Waals surface area contributed by atoms with Gasteiger partial charge in [0.25, 0.3) is 5.56 Å². The van der Waals surface area contributed by atoms with E-state index < -0.39 is 22.4 Å². The van der Waals surface area contributed by atoms with Crippen LogP contribution in [-0.2, 0) is 17.3 Å². The van der Waals surface area contributed by atoms with E-state index in [-0.39, 0.29) is 16.2 Å². The van der Waals surface area contributed by atoms with Gasteiger partial charge in [-0.1, -0.05) is 0 Å². The summed E-state index contributed by atoms with van der Waals surface area (Å²) >= 11 is 0. The van der Waals surface area contributed by atoms with Crippen molar-refractivity contribution in [1.82, 2.24) is 4.57 Å². The third-order valence-electron chi connectivity index (χ3n) is 2.87. The van der Waals surface area contributed by atoms with Crippen molar-refractivity contribution in [2.45, 2.75) is 17.9 Å². The lowest BCUT2D eigenvalue weighted by Crippen LogP contribution is -2.20. The summed E-state index contributed by atoms with van der Waals surface area (Å²) in [7, 11) is -1.58. The van der Waals surface area contributed by atoms with Crippen molar-refractivity contribution < 1.29 is 13.0 Å². The molecule has 0 spiro atoms. The number of nitrogen functional groups attached to an aromatic ring is 1. The Morgan fingerprint density at radius 2 is 1.95 bits per heavy atom. The predicted molar refractivity (Wildman–Crippen MR) is 77.4 cm³/mol. The number of nitrogens with zero attached hydrogens (tertiary/aromatic N) is 1. The molecular formula is C14H14F2N2O2S. The molecule has 0 radical (unpaired) electrons. The van der Waals surface area contributed by atoms with E-state index in [4.69, 9.17) is 5.73 Å². The van der Waals surface area contributed by atoms with Crippen LogP contribution in [0.2, 0.25) is 0 Å². The summed E-state index contributed by atoms with van der Waals surface area (Å²) in [5.74, 6) is -1.36. The summed E-state index contributed by atoms with van der Waals surface area (Å²) in [5, 5.41) is 0. The molecule has 1 atom stereocenters. The summed E-state index contributed by atoms with van der Waals surface area (Å²) in [4.78, 5) is 11.5. The molecule has 0 fully saturated rings. The van der Waals surface area contributed by atoms with E-state index in [2.05, 4.69) is 0 Å². The van der Waals surface area contributed by atoms with Crippen molar-refractivity contribution in [3.8, 4) is 0 Å². The molecule has 21 heavy (non-hydrogen) atoms. The van der Waals surface area contributed by atoms with Gasteiger partial charge in [-0.25, -0.2) is 8.78 Å². The van der Waals surface area contributed by atoms with Gasteiger partial charge in [-0.2, -0.15) is 0 Å². The Labute approximate surface area is 122 Å². The van der Waals surface area contributed by atoms with Crippen LogP contribution in [0.1, 0.15) is 6.42 Å². The van der Waals surface area contributed by atoms with Crippen molar-refractivity contribution in [2.24, 2.45) is 0 Å². The molecule has 1 unspecified atom stereocenters. The number of pyridine rings is 1. The second-order valence-corrected chi connectivity index (χ2v) is 6.01. The van der Waals surface area contributed by atoms with Crippen LogP contribution in [0.25, 0.3) is 0 Å². The first-order valence-corrected chi connectivity index (χ1v) is 7.58. The number of anilines is 1. The fourth-order valence-electron chi connectivity index (χ4n) is 1.86. The molecule has 4 nitrogen and oxygen atoms in total. The number of halogens is 2. The molecule has 1 aromatic heterocycles. The molecule has 0 bridgehead atoms. The second-order valence-electron chi connectivity index (χ2n) is 4.47. The highest BCUT2D eigenvalue weighted by Gasteiger charge is 2.11. The molecule has 0 amide bonds. The number of hydrogen-bond acceptors (Lipinski definition) is 3. The quantitative estimate of drug-likeness (QED) is 0.917. The fourth-order valence-corrected chi connectivity index (χ4v) is 2.97. The molecule has 0 saturated carbocycles. The van der Waals surface area contributed by atoms with Gasteiger partial charge in [0, 0.05) is 36.3 Å². The van der Waals surface area contributed by atoms with Crippen LogP contribution in [0.3, 0.4) is 0 Å². The molecule has 0 saturated heterocycles. The average Bonchev–Trinajstić information content (AvgIpc) is 2.42. The van der Waals surface area contributed by atoms with Gasteiger partial charge in [0.15, 0.2) is 0 Å². The minimum atomic E-state index is -1.58. The molecule has 0 aliphatic heterocycles. The number of rotatable bonds is 5. The molecule has 112 valence electrons. The Balaban J connectivity index is 1.98. The van der Waals surface area contributed by atoms with Crippen molar-refractivity contribution >= 4 is 16.5 Å². The topological polar surface area (TPSA) is 65.1 Å². The SMILES string of the molecule is Nc1ccc(=O)n(CCCS(=O)c2ccc(F)cc2F)c1. The summed E-state index contributed by atoms with van der Waals surface area (Å²) in [6, 6.07) is 5.80. The molecule has 0 aliphatic rings. The van der Waals surface area contributed by atoms with E-state index >= 15 is 0 Å². The Kier molecular flexibility index (Phi) is 4.85. The summed E-state index contributed by atoms with van der Waals surface area (Å²) in [6.07, 6.45) is 1.91. The van der Waals surface area contributed by atoms with Crippen LogP contribution >= 0.6 is 0 Å². The van der Waals surface area contributed by atoms with Crippen LogP contribution in [0.4, 0.5) is 14.5 Å². The van der Waals surface area contributed by atoms with E-state index in [1.54, 1.807) is 0 Å². The van der Waals surface area contributed by atoms with Gasteiger partial charge in [0.2, 0.25) is 0 Å². The third-order valence-corrected chi connectivity index (χ3v) is 4.36. The first kappa shape index (κ1) is 15.4. The molecule has 7 heteroatoms. The average molecular weight is 312 g/mol. The highest BCUT2D eigenvalue weighted by Crippen LogP contribution is 2.14. The minimum absolute atomic E-state index is 0.0312. The van der Waals surface area contributed by atoms with Crippen molar-refractivity contribution in [3.05, 3.63) is 58.5 Å². The zero-order valence-electron chi connectivity index (χ0n) is 11.1. The van der Waals surface area contributed by atoms with Crippen LogP contribution in [0.5, 0.6) is 0 Å². The Hall–Kier alpha value is -2.02. The van der Waals surface area contributed by atoms with Gasteiger partial charge in [0.05, 0.1) is 15.7 Å². The molecule has 2 rings (SSSR count). The minimum Gasteiger partial charge on any atom is -0.398 e. The van der Waals surface area contributed by atoms with Crippen molar-refractivity contribution in [3.63, 3.8) is 0 Å². The maximum absolute atomic E-state index is 13.5. The number of aryl methyl sites for hydroxylation is 1. The van der Waals surface area contributed by atoms with E-state index in [0.29, 0.717) is 24.7 Å². The normalized spacial score (nSPS) is 12.3. The number of benzene rings is 1. The van der Waals surface area contributed by atoms with Gasteiger partial charge in [-0.15, -0.1) is 0 Å². The molecule has 2 N–H and O–H groups in total. The van der Waals surface area contributed by atoms with Gasteiger partial charge in [-0.05, 0) is 24.6 Å². The summed E-state index contributed by atoms with van der Waals surface area (Å²) in [6.45, 7) is 0.332. The monoisotopic (exact) mass is 312 g/mol. The maximum Gasteiger partial charge on any atom is 0.250 e. The van der Waals surface area contributed by atoms with Crippen molar-refractivity contribution in [1.29, 1.82) is 0 Å². The zero-order chi connectivity index (χ0) is 15.4. The van der Waals surface area contributed by atoms with Crippen LogP contribution in [0.15, 0.2) is 46.2 Å². The lowest BCUT2D eigenvalue weighted by atomic mass is 10.3. The zero-order valence-corrected chi connectivity index (χ0v) is 11.9. The number of nitrogens with two attached hydrogens (primary N) is 1. The molecular weight excluding hydrogens is 298 g/mol. The Bertz CT molecular complexity index is 731. The molecule has 0 aliphatic carbocycles. The van der Waals surface area contributed by atoms with Crippen molar-refractivity contribution in [2.75, 3.05) is 11.5 Å². The predicted octanol–water partition coefficient (Wildman–Crippen LogP) is 1.91. The molecule has 1 aromatic carbocycles. The second kappa shape index (κ2) is 6.62. The fraction of sp³-hybridized carbons (Fsp3) is 0.214. The lowest BCUT2D eigenvalue weighted by Gasteiger charge is -2.07. The Morgan fingerprint density at radius 1 is 1.19 bits per heavy atom. The largest absolute Gasteiger partial charge is 0.398 e. The number of aromatic nitrogens is 1. The molecule has 1 heterocycles. The van der Waals surface area contributed by atoms with Gasteiger partial charge < -0.3 is 10.3 Å². The van der Waals surface area contributed by atoms with E-state index in [9.17, 15) is 17.8 Å². The molecule has 2 aromatic rings. The highest BCUT2D eigenvalue weighted by atomic mass is 32.2.